The molecule has 3 rings (SSSR count). The van der Waals surface area contributed by atoms with Gasteiger partial charge in [0.25, 0.3) is 0 Å². The van der Waals surface area contributed by atoms with Crippen LogP contribution < -0.4 is 4.90 Å². The van der Waals surface area contributed by atoms with Crippen LogP contribution in [-0.2, 0) is 10.9 Å². The van der Waals surface area contributed by atoms with E-state index in [0.717, 1.165) is 30.9 Å². The van der Waals surface area contributed by atoms with E-state index in [2.05, 4.69) is 4.90 Å². The lowest BCUT2D eigenvalue weighted by molar-refractivity contribution is -0.137. The number of rotatable bonds is 4. The molecule has 0 unspecified atom stereocenters. The number of carbonyl (C=O) groups excluding carboxylic acids is 1. The first kappa shape index (κ1) is 18.2. The number of hydrogen-bond donors (Lipinski definition) is 0. The number of benzene rings is 2. The molecule has 1 fully saturated rings. The van der Waals surface area contributed by atoms with E-state index in [4.69, 9.17) is 4.74 Å². The largest absolute Gasteiger partial charge is 0.416 e. The van der Waals surface area contributed by atoms with Crippen molar-refractivity contribution in [2.24, 2.45) is 0 Å². The second-order valence-corrected chi connectivity index (χ2v) is 5.97. The molecule has 0 bridgehead atoms. The van der Waals surface area contributed by atoms with Gasteiger partial charge in [-0.1, -0.05) is 18.2 Å². The summed E-state index contributed by atoms with van der Waals surface area (Å²) in [6.45, 7) is 2.98. The van der Waals surface area contributed by atoms with Gasteiger partial charge in [0.1, 0.15) is 0 Å². The Morgan fingerprint density at radius 2 is 1.73 bits per heavy atom. The second kappa shape index (κ2) is 7.74. The van der Waals surface area contributed by atoms with E-state index in [0.29, 0.717) is 24.3 Å². The fourth-order valence-electron chi connectivity index (χ4n) is 2.74. The maximum Gasteiger partial charge on any atom is 0.416 e. The summed E-state index contributed by atoms with van der Waals surface area (Å²) in [5.74, 6) is -0.254. The molecule has 0 spiro atoms. The third kappa shape index (κ3) is 4.52. The minimum Gasteiger partial charge on any atom is -0.378 e. The number of ether oxygens (including phenoxy) is 1. The van der Waals surface area contributed by atoms with Crippen LogP contribution in [0.3, 0.4) is 0 Å². The van der Waals surface area contributed by atoms with Gasteiger partial charge in [-0.15, -0.1) is 0 Å². The predicted octanol–water partition coefficient (Wildman–Crippen LogP) is 4.44. The molecule has 0 saturated carbocycles. The zero-order valence-electron chi connectivity index (χ0n) is 14.0. The smallest absolute Gasteiger partial charge is 0.378 e. The van der Waals surface area contributed by atoms with Gasteiger partial charge in [0.15, 0.2) is 5.78 Å². The van der Waals surface area contributed by atoms with Gasteiger partial charge in [-0.05, 0) is 48.0 Å². The standard InChI is InChI=1S/C20H18F3NO2/c21-20(22,23)17-3-1-2-15(14-17)4-9-19(25)16-5-7-18(8-6-16)24-10-12-26-13-11-24/h1-9,14H,10-13H2. The minimum atomic E-state index is -4.40. The number of allylic oxidation sites excluding steroid dienone is 1. The van der Waals surface area contributed by atoms with E-state index in [9.17, 15) is 18.0 Å². The first-order valence-corrected chi connectivity index (χ1v) is 8.26. The van der Waals surface area contributed by atoms with E-state index in [1.54, 1.807) is 12.1 Å². The van der Waals surface area contributed by atoms with Crippen molar-refractivity contribution >= 4 is 17.5 Å². The number of halogens is 3. The molecule has 3 nitrogen and oxygen atoms in total. The summed E-state index contributed by atoms with van der Waals surface area (Å²) in [5.41, 5.74) is 1.11. The Balaban J connectivity index is 1.69. The van der Waals surface area contributed by atoms with E-state index in [-0.39, 0.29) is 5.78 Å². The fraction of sp³-hybridized carbons (Fsp3) is 0.250. The molecule has 26 heavy (non-hydrogen) atoms. The zero-order valence-corrected chi connectivity index (χ0v) is 14.0. The molecule has 0 aromatic heterocycles. The SMILES string of the molecule is O=C(C=Cc1cccc(C(F)(F)F)c1)c1ccc(N2CCOCC2)cc1. The van der Waals surface area contributed by atoms with Crippen molar-refractivity contribution in [2.75, 3.05) is 31.2 Å². The molecule has 0 N–H and O–H groups in total. The number of alkyl halides is 3. The van der Waals surface area contributed by atoms with Crippen LogP contribution in [0, 0.1) is 0 Å². The Labute approximate surface area is 149 Å². The lowest BCUT2D eigenvalue weighted by Crippen LogP contribution is -2.36. The molecule has 0 radical (unpaired) electrons. The van der Waals surface area contributed by atoms with Crippen molar-refractivity contribution in [2.45, 2.75) is 6.18 Å². The van der Waals surface area contributed by atoms with Crippen molar-refractivity contribution in [3.05, 3.63) is 71.3 Å². The fourth-order valence-corrected chi connectivity index (χ4v) is 2.74. The Hall–Kier alpha value is -2.60. The van der Waals surface area contributed by atoms with Crippen LogP contribution >= 0.6 is 0 Å². The van der Waals surface area contributed by atoms with Crippen molar-refractivity contribution in [1.82, 2.24) is 0 Å². The molecule has 1 saturated heterocycles. The molecule has 0 atom stereocenters. The molecule has 1 heterocycles. The highest BCUT2D eigenvalue weighted by atomic mass is 19.4. The van der Waals surface area contributed by atoms with E-state index < -0.39 is 11.7 Å². The summed E-state index contributed by atoms with van der Waals surface area (Å²) in [4.78, 5) is 14.4. The highest BCUT2D eigenvalue weighted by Gasteiger charge is 2.30. The number of carbonyl (C=O) groups is 1. The molecule has 1 aliphatic heterocycles. The average molecular weight is 361 g/mol. The van der Waals surface area contributed by atoms with Crippen LogP contribution in [0.5, 0.6) is 0 Å². The highest BCUT2D eigenvalue weighted by molar-refractivity contribution is 6.07. The quantitative estimate of drug-likeness (QED) is 0.596. The molecular formula is C20H18F3NO2. The molecular weight excluding hydrogens is 343 g/mol. The molecule has 2 aromatic rings. The molecule has 0 amide bonds. The Bertz CT molecular complexity index is 791. The third-order valence-electron chi connectivity index (χ3n) is 4.17. The van der Waals surface area contributed by atoms with Gasteiger partial charge in [-0.3, -0.25) is 4.79 Å². The molecule has 6 heteroatoms. The van der Waals surface area contributed by atoms with Crippen molar-refractivity contribution in [1.29, 1.82) is 0 Å². The van der Waals surface area contributed by atoms with Gasteiger partial charge >= 0.3 is 6.18 Å². The number of ketones is 1. The van der Waals surface area contributed by atoms with Crippen LogP contribution in [0.15, 0.2) is 54.6 Å². The number of nitrogens with zero attached hydrogens (tertiary/aromatic N) is 1. The van der Waals surface area contributed by atoms with Crippen LogP contribution in [0.25, 0.3) is 6.08 Å². The lowest BCUT2D eigenvalue weighted by atomic mass is 10.1. The summed E-state index contributed by atoms with van der Waals surface area (Å²) in [6, 6.07) is 12.1. The van der Waals surface area contributed by atoms with Gasteiger partial charge in [0.2, 0.25) is 0 Å². The second-order valence-electron chi connectivity index (χ2n) is 5.97. The normalized spacial score (nSPS) is 15.4. The van der Waals surface area contributed by atoms with E-state index in [1.165, 1.54) is 24.3 Å². The molecule has 1 aliphatic rings. The van der Waals surface area contributed by atoms with E-state index in [1.807, 2.05) is 12.1 Å². The van der Waals surface area contributed by atoms with E-state index >= 15 is 0 Å². The predicted molar refractivity (Wildman–Crippen MR) is 94.3 cm³/mol. The van der Waals surface area contributed by atoms with Crippen molar-refractivity contribution in [3.8, 4) is 0 Å². The Morgan fingerprint density at radius 3 is 2.38 bits per heavy atom. The van der Waals surface area contributed by atoms with Gasteiger partial charge < -0.3 is 9.64 Å². The van der Waals surface area contributed by atoms with Crippen LogP contribution in [0.4, 0.5) is 18.9 Å². The first-order chi connectivity index (χ1) is 12.4. The molecule has 2 aromatic carbocycles. The first-order valence-electron chi connectivity index (χ1n) is 8.26. The van der Waals surface area contributed by atoms with Gasteiger partial charge in [-0.2, -0.15) is 13.2 Å². The lowest BCUT2D eigenvalue weighted by Gasteiger charge is -2.28. The minimum absolute atomic E-state index is 0.254. The Morgan fingerprint density at radius 1 is 1.04 bits per heavy atom. The third-order valence-corrected chi connectivity index (χ3v) is 4.17. The summed E-state index contributed by atoms with van der Waals surface area (Å²) in [5, 5.41) is 0. The summed E-state index contributed by atoms with van der Waals surface area (Å²) in [6.07, 6.45) is -1.71. The monoisotopic (exact) mass is 361 g/mol. The topological polar surface area (TPSA) is 29.5 Å². The van der Waals surface area contributed by atoms with Crippen LogP contribution in [-0.4, -0.2) is 32.1 Å². The zero-order chi connectivity index (χ0) is 18.6. The summed E-state index contributed by atoms with van der Waals surface area (Å²) in [7, 11) is 0. The maximum atomic E-state index is 12.7. The highest BCUT2D eigenvalue weighted by Crippen LogP contribution is 2.29. The number of anilines is 1. The number of morpholine rings is 1. The number of hydrogen-bond acceptors (Lipinski definition) is 3. The Kier molecular flexibility index (Phi) is 5.42. The van der Waals surface area contributed by atoms with Crippen LogP contribution in [0.1, 0.15) is 21.5 Å². The maximum absolute atomic E-state index is 12.7. The van der Waals surface area contributed by atoms with Gasteiger partial charge in [-0.25, -0.2) is 0 Å². The average Bonchev–Trinajstić information content (AvgIpc) is 2.66. The summed E-state index contributed by atoms with van der Waals surface area (Å²) >= 11 is 0. The molecule has 136 valence electrons. The summed E-state index contributed by atoms with van der Waals surface area (Å²) < 4.78 is 43.5. The van der Waals surface area contributed by atoms with Crippen molar-refractivity contribution < 1.29 is 22.7 Å². The van der Waals surface area contributed by atoms with Crippen LogP contribution in [0.2, 0.25) is 0 Å². The molecule has 0 aliphatic carbocycles. The van der Waals surface area contributed by atoms with Crippen molar-refractivity contribution in [3.63, 3.8) is 0 Å². The van der Waals surface area contributed by atoms with Gasteiger partial charge in [0.05, 0.1) is 18.8 Å². The van der Waals surface area contributed by atoms with Gasteiger partial charge in [0, 0.05) is 24.3 Å².